The molecule has 8 nitrogen and oxygen atoms in total. The number of nitrogens with zero attached hydrogens (tertiary/aromatic N) is 2. The van der Waals surface area contributed by atoms with E-state index in [2.05, 4.69) is 15.5 Å². The lowest BCUT2D eigenvalue weighted by molar-refractivity contribution is -0.138. The Kier molecular flexibility index (Phi) is 5.96. The summed E-state index contributed by atoms with van der Waals surface area (Å²) in [5, 5.41) is 15.1. The first kappa shape index (κ1) is 17.5. The average molecular weight is 337 g/mol. The second-order valence-electron chi connectivity index (χ2n) is 5.00. The van der Waals surface area contributed by atoms with Crippen LogP contribution in [0.3, 0.4) is 0 Å². The van der Waals surface area contributed by atoms with Gasteiger partial charge in [-0.2, -0.15) is 4.98 Å². The van der Waals surface area contributed by atoms with Crippen LogP contribution in [0.1, 0.15) is 29.7 Å². The van der Waals surface area contributed by atoms with Gasteiger partial charge in [-0.1, -0.05) is 17.3 Å². The molecule has 1 heterocycles. The summed E-state index contributed by atoms with van der Waals surface area (Å²) in [6, 6.07) is 4.45. The number of carbonyl (C=O) groups excluding carboxylic acids is 1. The third kappa shape index (κ3) is 5.43. The molecule has 0 aliphatic heterocycles. The Labute approximate surface area is 136 Å². The van der Waals surface area contributed by atoms with Gasteiger partial charge in [-0.05, 0) is 24.6 Å². The monoisotopic (exact) mass is 337 g/mol. The molecule has 1 amide bonds. The lowest BCUT2D eigenvalue weighted by atomic mass is 10.0. The highest BCUT2D eigenvalue weighted by Crippen LogP contribution is 2.17. The summed E-state index contributed by atoms with van der Waals surface area (Å²) in [7, 11) is 0. The Hall–Kier alpha value is -2.81. The van der Waals surface area contributed by atoms with Crippen molar-refractivity contribution in [1.82, 2.24) is 15.5 Å². The molecule has 0 fully saturated rings. The van der Waals surface area contributed by atoms with Crippen molar-refractivity contribution < 1.29 is 28.3 Å². The van der Waals surface area contributed by atoms with Crippen LogP contribution in [0.25, 0.3) is 0 Å². The van der Waals surface area contributed by atoms with Gasteiger partial charge in [-0.3, -0.25) is 9.59 Å². The smallest absolute Gasteiger partial charge is 0.305 e. The number of amides is 1. The zero-order valence-corrected chi connectivity index (χ0v) is 12.9. The summed E-state index contributed by atoms with van der Waals surface area (Å²) in [6.07, 6.45) is -0.333. The molecule has 0 saturated carbocycles. The van der Waals surface area contributed by atoms with E-state index >= 15 is 0 Å². The van der Waals surface area contributed by atoms with Crippen molar-refractivity contribution in [2.75, 3.05) is 6.61 Å². The second-order valence-corrected chi connectivity index (χ2v) is 5.00. The number of carboxylic acid groups (broad SMARTS) is 1. The first-order valence-corrected chi connectivity index (χ1v) is 7.07. The Morgan fingerprint density at radius 3 is 2.67 bits per heavy atom. The zero-order valence-electron chi connectivity index (χ0n) is 12.9. The van der Waals surface area contributed by atoms with Crippen LogP contribution in [-0.2, 0) is 20.9 Å². The molecular formula is C15H16FN3O5. The molecule has 1 unspecified atom stereocenters. The SMILES string of the molecule is Cc1noc(COCC(=O)NC(CC(=O)O)c2ccc(F)cc2)n1. The highest BCUT2D eigenvalue weighted by Gasteiger charge is 2.18. The molecule has 128 valence electrons. The van der Waals surface area contributed by atoms with Crippen molar-refractivity contribution in [3.63, 3.8) is 0 Å². The highest BCUT2D eigenvalue weighted by molar-refractivity contribution is 5.78. The summed E-state index contributed by atoms with van der Waals surface area (Å²) in [5.74, 6) is -1.36. The molecule has 0 radical (unpaired) electrons. The molecule has 0 aliphatic carbocycles. The Bertz CT molecular complexity index is 701. The fourth-order valence-corrected chi connectivity index (χ4v) is 1.99. The van der Waals surface area contributed by atoms with Gasteiger partial charge in [0, 0.05) is 0 Å². The fraction of sp³-hybridized carbons (Fsp3) is 0.333. The van der Waals surface area contributed by atoms with Crippen LogP contribution in [0.4, 0.5) is 4.39 Å². The average Bonchev–Trinajstić information content (AvgIpc) is 2.92. The van der Waals surface area contributed by atoms with Gasteiger partial charge in [-0.25, -0.2) is 4.39 Å². The molecule has 0 aliphatic rings. The van der Waals surface area contributed by atoms with Gasteiger partial charge >= 0.3 is 5.97 Å². The number of halogens is 1. The lowest BCUT2D eigenvalue weighted by Crippen LogP contribution is -2.33. The zero-order chi connectivity index (χ0) is 17.5. The van der Waals surface area contributed by atoms with Gasteiger partial charge in [0.05, 0.1) is 12.5 Å². The van der Waals surface area contributed by atoms with E-state index < -0.39 is 23.7 Å². The quantitative estimate of drug-likeness (QED) is 0.747. The predicted octanol–water partition coefficient (Wildman–Crippen LogP) is 1.37. The third-order valence-electron chi connectivity index (χ3n) is 3.01. The lowest BCUT2D eigenvalue weighted by Gasteiger charge is -2.17. The van der Waals surface area contributed by atoms with Crippen LogP contribution in [0, 0.1) is 12.7 Å². The molecule has 0 spiro atoms. The normalized spacial score (nSPS) is 11.9. The van der Waals surface area contributed by atoms with E-state index in [1.807, 2.05) is 0 Å². The van der Waals surface area contributed by atoms with Crippen molar-refractivity contribution in [3.8, 4) is 0 Å². The van der Waals surface area contributed by atoms with Crippen LogP contribution >= 0.6 is 0 Å². The number of hydrogen-bond donors (Lipinski definition) is 2. The summed E-state index contributed by atoms with van der Waals surface area (Å²) in [6.45, 7) is 1.31. The summed E-state index contributed by atoms with van der Waals surface area (Å²) < 4.78 is 22.9. The Morgan fingerprint density at radius 1 is 1.38 bits per heavy atom. The van der Waals surface area contributed by atoms with Crippen molar-refractivity contribution in [2.45, 2.75) is 26.0 Å². The maximum atomic E-state index is 13.0. The molecule has 1 aromatic carbocycles. The van der Waals surface area contributed by atoms with Crippen LogP contribution in [0.2, 0.25) is 0 Å². The molecule has 1 atom stereocenters. The van der Waals surface area contributed by atoms with Gasteiger partial charge in [0.15, 0.2) is 5.82 Å². The van der Waals surface area contributed by atoms with Crippen LogP contribution in [0.15, 0.2) is 28.8 Å². The van der Waals surface area contributed by atoms with Crippen LogP contribution < -0.4 is 5.32 Å². The van der Waals surface area contributed by atoms with E-state index in [0.29, 0.717) is 11.4 Å². The van der Waals surface area contributed by atoms with E-state index in [1.165, 1.54) is 24.3 Å². The largest absolute Gasteiger partial charge is 0.481 e. The van der Waals surface area contributed by atoms with Gasteiger partial charge in [0.1, 0.15) is 19.0 Å². The van der Waals surface area contributed by atoms with Crippen molar-refractivity contribution in [1.29, 1.82) is 0 Å². The molecule has 1 aromatic heterocycles. The van der Waals surface area contributed by atoms with E-state index in [9.17, 15) is 14.0 Å². The molecule has 0 bridgehead atoms. The van der Waals surface area contributed by atoms with Gasteiger partial charge in [-0.15, -0.1) is 0 Å². The van der Waals surface area contributed by atoms with Gasteiger partial charge in [0.2, 0.25) is 5.91 Å². The number of rotatable bonds is 8. The van der Waals surface area contributed by atoms with Gasteiger partial charge < -0.3 is 19.7 Å². The molecular weight excluding hydrogens is 321 g/mol. The molecule has 2 rings (SSSR count). The number of carboxylic acids is 1. The topological polar surface area (TPSA) is 115 Å². The molecule has 24 heavy (non-hydrogen) atoms. The number of carbonyl (C=O) groups is 2. The minimum Gasteiger partial charge on any atom is -0.481 e. The molecule has 0 saturated heterocycles. The van der Waals surface area contributed by atoms with Crippen molar-refractivity contribution in [3.05, 3.63) is 47.4 Å². The number of aryl methyl sites for hydroxylation is 1. The van der Waals surface area contributed by atoms with Gasteiger partial charge in [0.25, 0.3) is 5.89 Å². The van der Waals surface area contributed by atoms with Crippen molar-refractivity contribution >= 4 is 11.9 Å². The first-order valence-electron chi connectivity index (χ1n) is 7.07. The third-order valence-corrected chi connectivity index (χ3v) is 3.01. The minimum atomic E-state index is -1.09. The maximum Gasteiger partial charge on any atom is 0.305 e. The molecule has 9 heteroatoms. The number of benzene rings is 1. The maximum absolute atomic E-state index is 13.0. The number of aromatic nitrogens is 2. The summed E-state index contributed by atoms with van der Waals surface area (Å²) >= 11 is 0. The first-order chi connectivity index (χ1) is 11.4. The molecule has 2 aromatic rings. The predicted molar refractivity (Wildman–Crippen MR) is 78.2 cm³/mol. The number of ether oxygens (including phenoxy) is 1. The number of hydrogen-bond acceptors (Lipinski definition) is 6. The van der Waals surface area contributed by atoms with Crippen molar-refractivity contribution in [2.24, 2.45) is 0 Å². The molecule has 2 N–H and O–H groups in total. The van der Waals surface area contributed by atoms with E-state index in [4.69, 9.17) is 14.4 Å². The Morgan fingerprint density at radius 2 is 2.08 bits per heavy atom. The minimum absolute atomic E-state index is 0.0333. The van der Waals surface area contributed by atoms with E-state index in [0.717, 1.165) is 0 Å². The summed E-state index contributed by atoms with van der Waals surface area (Å²) in [5.41, 5.74) is 0.486. The fourth-order valence-electron chi connectivity index (χ4n) is 1.99. The van der Waals surface area contributed by atoms with E-state index in [-0.39, 0.29) is 25.5 Å². The Balaban J connectivity index is 1.89. The van der Waals surface area contributed by atoms with Crippen LogP contribution in [0.5, 0.6) is 0 Å². The second kappa shape index (κ2) is 8.16. The number of aliphatic carboxylic acids is 1. The number of nitrogens with one attached hydrogen (secondary N) is 1. The highest BCUT2D eigenvalue weighted by atomic mass is 19.1. The standard InChI is InChI=1S/C15H16FN3O5/c1-9-17-14(24-19-9)8-23-7-13(20)18-12(6-15(21)22)10-2-4-11(16)5-3-10/h2-5,12H,6-8H2,1H3,(H,18,20)(H,21,22). The summed E-state index contributed by atoms with van der Waals surface area (Å²) in [4.78, 5) is 26.8. The van der Waals surface area contributed by atoms with E-state index in [1.54, 1.807) is 6.92 Å². The van der Waals surface area contributed by atoms with Crippen LogP contribution in [-0.4, -0.2) is 33.7 Å².